The van der Waals surface area contributed by atoms with Crippen LogP contribution in [0.1, 0.15) is 113 Å². The Kier molecular flexibility index (Phi) is 34.6. The standard InChI is InChI=1S/C18H36O2.Mg.2O.Ti.2H/c1-2-3-4-5-6-7-8-9-10-11-12-13-14-15-16-17-18(19)20;;;;;;/h2-17H2,1H3,(H,19,20);;;;;;/q;+2;;;;2*-1. The van der Waals surface area contributed by atoms with Crippen LogP contribution in [0.5, 0.6) is 0 Å². The van der Waals surface area contributed by atoms with Crippen molar-refractivity contribution in [2.24, 2.45) is 0 Å². The second-order valence-corrected chi connectivity index (χ2v) is 6.44. The fourth-order valence-corrected chi connectivity index (χ4v) is 2.65. The summed E-state index contributed by atoms with van der Waals surface area (Å²) in [6, 6.07) is 0. The van der Waals surface area contributed by atoms with Gasteiger partial charge in [-0.25, -0.2) is 0 Å². The Morgan fingerprint density at radius 1 is 0.708 bits per heavy atom. The van der Waals surface area contributed by atoms with E-state index in [0.29, 0.717) is 6.42 Å². The average molecular weight is 391 g/mol. The van der Waals surface area contributed by atoms with Gasteiger partial charge in [0, 0.05) is 6.42 Å². The zero-order valence-electron chi connectivity index (χ0n) is 17.7. The first-order valence-corrected chi connectivity index (χ1v) is 10.7. The van der Waals surface area contributed by atoms with Crippen molar-refractivity contribution < 1.29 is 38.5 Å². The summed E-state index contributed by atoms with van der Waals surface area (Å²) in [7, 11) is 0. The molecule has 1 N–H and O–H groups in total. The maximum absolute atomic E-state index is 10.3. The molecule has 6 heteroatoms. The molecule has 0 rings (SSSR count). The molecule has 24 heavy (non-hydrogen) atoms. The van der Waals surface area contributed by atoms with Gasteiger partial charge >= 0.3 is 54.8 Å². The van der Waals surface area contributed by atoms with Crippen molar-refractivity contribution in [3.63, 3.8) is 0 Å². The summed E-state index contributed by atoms with van der Waals surface area (Å²) in [6.07, 6.45) is 20.2. The average Bonchev–Trinajstić information content (AvgIpc) is 2.51. The molecule has 0 saturated carbocycles. The zero-order chi connectivity index (χ0) is 17.6. The summed E-state index contributed by atoms with van der Waals surface area (Å²) in [5.74, 6) is -0.653. The molecule has 4 nitrogen and oxygen atoms in total. The van der Waals surface area contributed by atoms with E-state index < -0.39 is 25.1 Å². The molecule has 0 aliphatic rings. The van der Waals surface area contributed by atoms with E-state index in [4.69, 9.17) is 11.8 Å². The Labute approximate surface area is 176 Å². The molecule has 0 atom stereocenters. The molecule has 0 aromatic heterocycles. The molecule has 0 fully saturated rings. The molecule has 140 valence electrons. The molecule has 0 saturated heterocycles. The number of hydrogen-bond donors (Lipinski definition) is 1. The third-order valence-corrected chi connectivity index (χ3v) is 3.99. The fraction of sp³-hybridized carbons (Fsp3) is 0.944. The van der Waals surface area contributed by atoms with Crippen molar-refractivity contribution in [3.05, 3.63) is 0 Å². The molecule has 0 aliphatic carbocycles. The molecule has 0 bridgehead atoms. The monoisotopic (exact) mass is 390 g/mol. The van der Waals surface area contributed by atoms with Crippen LogP contribution in [-0.2, 0) is 30.5 Å². The molecule has 0 heterocycles. The summed E-state index contributed by atoms with van der Waals surface area (Å²) < 4.78 is 17.0. The van der Waals surface area contributed by atoms with Gasteiger partial charge in [0.15, 0.2) is 0 Å². The van der Waals surface area contributed by atoms with Crippen LogP contribution < -0.4 is 0 Å². The first kappa shape index (κ1) is 29.3. The molecular weight excluding hydrogens is 352 g/mol. The van der Waals surface area contributed by atoms with Crippen molar-refractivity contribution in [2.45, 2.75) is 110 Å². The van der Waals surface area contributed by atoms with Crippen LogP contribution in [0.3, 0.4) is 0 Å². The van der Waals surface area contributed by atoms with Crippen molar-refractivity contribution >= 4 is 29.0 Å². The van der Waals surface area contributed by atoms with Gasteiger partial charge in [-0.05, 0) is 6.42 Å². The second kappa shape index (κ2) is 28.4. The van der Waals surface area contributed by atoms with E-state index in [1.807, 2.05) is 0 Å². The van der Waals surface area contributed by atoms with Gasteiger partial charge in [0.1, 0.15) is 0 Å². The first-order chi connectivity index (χ1) is 11.2. The van der Waals surface area contributed by atoms with Crippen LogP contribution >= 0.6 is 0 Å². The molecule has 0 aromatic carbocycles. The number of carboxylic acids is 1. The van der Waals surface area contributed by atoms with Crippen molar-refractivity contribution in [3.8, 4) is 0 Å². The Bertz CT molecular complexity index is 292. The van der Waals surface area contributed by atoms with Crippen LogP contribution in [0.15, 0.2) is 0 Å². The van der Waals surface area contributed by atoms with Gasteiger partial charge in [0.25, 0.3) is 0 Å². The summed E-state index contributed by atoms with van der Waals surface area (Å²) >= 11 is -2.00. The topological polar surface area (TPSA) is 71.4 Å². The number of aliphatic carboxylic acids is 1. The molecule has 0 unspecified atom stereocenters. The Hall–Kier alpha value is 0.551. The van der Waals surface area contributed by atoms with E-state index in [9.17, 15) is 4.79 Å². The minimum absolute atomic E-state index is 0. The van der Waals surface area contributed by atoms with Gasteiger partial charge in [-0.2, -0.15) is 0 Å². The van der Waals surface area contributed by atoms with Gasteiger partial charge < -0.3 is 7.96 Å². The van der Waals surface area contributed by atoms with Crippen LogP contribution in [-0.4, -0.2) is 34.1 Å². The Morgan fingerprint density at radius 3 is 1.21 bits per heavy atom. The van der Waals surface area contributed by atoms with E-state index in [1.54, 1.807) is 0 Å². The minimum atomic E-state index is -2.00. The molecule has 0 radical (unpaired) electrons. The molecule has 0 amide bonds. The number of unbranched alkanes of at least 4 members (excludes halogenated alkanes) is 14. The zero-order valence-corrected chi connectivity index (χ0v) is 18.7. The normalized spacial score (nSPS) is 9.38. The van der Waals surface area contributed by atoms with E-state index in [2.05, 4.69) is 6.92 Å². The number of rotatable bonds is 16. The quantitative estimate of drug-likeness (QED) is 0.261. The predicted octanol–water partition coefficient (Wildman–Crippen LogP) is 5.94. The predicted molar refractivity (Wildman–Crippen MR) is 96.5 cm³/mol. The van der Waals surface area contributed by atoms with Crippen molar-refractivity contribution in [1.82, 2.24) is 0 Å². The van der Waals surface area contributed by atoms with E-state index in [0.717, 1.165) is 12.8 Å². The fourth-order valence-electron chi connectivity index (χ4n) is 2.65. The Morgan fingerprint density at radius 2 is 0.958 bits per heavy atom. The molecule has 0 aliphatic heterocycles. The molecular formula is C18H38MgO4Ti. The van der Waals surface area contributed by atoms with E-state index in [1.165, 1.54) is 83.5 Å². The van der Waals surface area contributed by atoms with Gasteiger partial charge in [0.05, 0.1) is 0 Å². The van der Waals surface area contributed by atoms with E-state index >= 15 is 0 Å². The van der Waals surface area contributed by atoms with Crippen LogP contribution in [0, 0.1) is 0 Å². The van der Waals surface area contributed by atoms with Gasteiger partial charge in [-0.15, -0.1) is 0 Å². The summed E-state index contributed by atoms with van der Waals surface area (Å²) in [5, 5.41) is 8.52. The summed E-state index contributed by atoms with van der Waals surface area (Å²) in [4.78, 5) is 10.3. The van der Waals surface area contributed by atoms with Crippen LogP contribution in [0.25, 0.3) is 0 Å². The van der Waals surface area contributed by atoms with Gasteiger partial charge in [-0.3, -0.25) is 4.79 Å². The van der Waals surface area contributed by atoms with Gasteiger partial charge in [0.2, 0.25) is 0 Å². The first-order valence-electron chi connectivity index (χ1n) is 9.40. The number of carboxylic acid groups (broad SMARTS) is 1. The Balaban J connectivity index is -0.000000228. The molecule has 0 spiro atoms. The second-order valence-electron chi connectivity index (χ2n) is 6.18. The SMILES string of the molecule is CCCCCCCCCCCCCCCCCC(=O)O.[H-].[H-].[Mg+2].[O]=[Ti]=[O]. The van der Waals surface area contributed by atoms with Crippen molar-refractivity contribution in [1.29, 1.82) is 0 Å². The maximum atomic E-state index is 10.3. The molecule has 0 aromatic rings. The van der Waals surface area contributed by atoms with Crippen LogP contribution in [0.4, 0.5) is 0 Å². The van der Waals surface area contributed by atoms with E-state index in [-0.39, 0.29) is 25.9 Å². The third-order valence-electron chi connectivity index (χ3n) is 3.99. The van der Waals surface area contributed by atoms with Crippen LogP contribution in [0.2, 0.25) is 0 Å². The van der Waals surface area contributed by atoms with Gasteiger partial charge in [-0.1, -0.05) is 96.8 Å². The summed E-state index contributed by atoms with van der Waals surface area (Å²) in [6.45, 7) is 2.27. The summed E-state index contributed by atoms with van der Waals surface area (Å²) in [5.41, 5.74) is 0. The third kappa shape index (κ3) is 34.0. The number of hydrogen-bond acceptors (Lipinski definition) is 3. The number of carbonyl (C=O) groups is 1. The van der Waals surface area contributed by atoms with Crippen molar-refractivity contribution in [2.75, 3.05) is 0 Å².